The molecule has 0 spiro atoms. The van der Waals surface area contributed by atoms with Gasteiger partial charge < -0.3 is 15.4 Å². The Hall–Kier alpha value is -4.21. The molecular weight excluding hydrogens is 529 g/mol. The molecule has 0 radical (unpaired) electrons. The molecule has 0 unspecified atom stereocenters. The van der Waals surface area contributed by atoms with Crippen LogP contribution in [0.5, 0.6) is 0 Å². The predicted octanol–water partition coefficient (Wildman–Crippen LogP) is 6.12. The fourth-order valence-electron chi connectivity index (χ4n) is 3.66. The minimum absolute atomic E-state index is 0.0276. The van der Waals surface area contributed by atoms with Crippen LogP contribution in [0.15, 0.2) is 71.8 Å². The molecule has 4 rings (SSSR count). The smallest absolute Gasteiger partial charge is 0.338 e. The zero-order valence-corrected chi connectivity index (χ0v) is 22.0. The molecule has 0 saturated carbocycles. The Morgan fingerprint density at radius 2 is 1.61 bits per heavy atom. The van der Waals surface area contributed by atoms with Gasteiger partial charge in [-0.2, -0.15) is 5.10 Å². The van der Waals surface area contributed by atoms with Crippen LogP contribution < -0.4 is 16.2 Å². The van der Waals surface area contributed by atoms with E-state index in [0.29, 0.717) is 24.4 Å². The Labute approximate surface area is 228 Å². The number of pyridine rings is 1. The topological polar surface area (TPSA) is 115 Å². The van der Waals surface area contributed by atoms with E-state index in [1.807, 2.05) is 36.4 Å². The fourth-order valence-corrected chi connectivity index (χ4v) is 4.12. The highest BCUT2D eigenvalue weighted by atomic mass is 35.5. The van der Waals surface area contributed by atoms with E-state index >= 15 is 0 Å². The molecule has 0 bridgehead atoms. The van der Waals surface area contributed by atoms with Gasteiger partial charge in [-0.3, -0.25) is 9.78 Å². The normalized spacial score (nSPS) is 10.6. The van der Waals surface area contributed by atoms with Crippen molar-refractivity contribution in [3.63, 3.8) is 0 Å². The first-order valence-corrected chi connectivity index (χ1v) is 12.4. The van der Waals surface area contributed by atoms with Gasteiger partial charge in [0.25, 0.3) is 5.56 Å². The maximum absolute atomic E-state index is 12.9. The molecule has 194 valence electrons. The summed E-state index contributed by atoms with van der Waals surface area (Å²) in [6.07, 6.45) is 2.68. The van der Waals surface area contributed by atoms with Crippen LogP contribution in [0.3, 0.4) is 0 Å². The molecule has 2 amide bonds. The summed E-state index contributed by atoms with van der Waals surface area (Å²) in [6.45, 7) is 4.13. The van der Waals surface area contributed by atoms with Crippen LogP contribution in [0.25, 0.3) is 22.4 Å². The molecule has 11 heteroatoms. The molecule has 0 aliphatic carbocycles. The van der Waals surface area contributed by atoms with Crippen molar-refractivity contribution in [3.05, 3.63) is 93.0 Å². The number of aromatic nitrogens is 3. The Morgan fingerprint density at radius 1 is 0.921 bits per heavy atom. The molecule has 0 fully saturated rings. The van der Waals surface area contributed by atoms with Gasteiger partial charge in [0, 0.05) is 24.5 Å². The molecule has 0 atom stereocenters. The number of halogens is 2. The van der Waals surface area contributed by atoms with Gasteiger partial charge in [0.2, 0.25) is 0 Å². The molecule has 2 N–H and O–H groups in total. The first kappa shape index (κ1) is 26.8. The van der Waals surface area contributed by atoms with E-state index in [1.165, 1.54) is 23.1 Å². The summed E-state index contributed by atoms with van der Waals surface area (Å²) < 4.78 is 6.30. The first-order valence-electron chi connectivity index (χ1n) is 11.7. The SMILES string of the molecule is CCOC(=O)c1ccc(-c2cccc(-c3cc(NC(=O)Nc4c(Cl)cncc4Cl)c(=O)n(CC)n3)c2)cc1. The molecule has 2 aromatic carbocycles. The van der Waals surface area contributed by atoms with E-state index < -0.39 is 11.6 Å². The van der Waals surface area contributed by atoms with E-state index in [9.17, 15) is 14.4 Å². The number of nitrogens with zero attached hydrogens (tertiary/aromatic N) is 3. The third-order valence-electron chi connectivity index (χ3n) is 5.50. The lowest BCUT2D eigenvalue weighted by atomic mass is 10.0. The van der Waals surface area contributed by atoms with E-state index in [2.05, 4.69) is 20.7 Å². The third kappa shape index (κ3) is 6.01. The highest BCUT2D eigenvalue weighted by molar-refractivity contribution is 6.39. The molecule has 0 saturated heterocycles. The average Bonchev–Trinajstić information content (AvgIpc) is 2.92. The van der Waals surface area contributed by atoms with Crippen LogP contribution in [-0.2, 0) is 11.3 Å². The summed E-state index contributed by atoms with van der Waals surface area (Å²) in [5, 5.41) is 9.88. The number of hydrogen-bond acceptors (Lipinski definition) is 6. The quantitative estimate of drug-likeness (QED) is 0.267. The lowest BCUT2D eigenvalue weighted by Crippen LogP contribution is -2.29. The van der Waals surface area contributed by atoms with Crippen LogP contribution in [0.4, 0.5) is 16.2 Å². The Bertz CT molecular complexity index is 1530. The number of urea groups is 1. The van der Waals surface area contributed by atoms with Crippen molar-refractivity contribution in [2.75, 3.05) is 17.2 Å². The van der Waals surface area contributed by atoms with Crippen molar-refractivity contribution in [1.82, 2.24) is 14.8 Å². The summed E-state index contributed by atoms with van der Waals surface area (Å²) in [6, 6.07) is 15.4. The van der Waals surface area contributed by atoms with Gasteiger partial charge in [-0.15, -0.1) is 0 Å². The number of anilines is 2. The minimum atomic E-state index is -0.702. The van der Waals surface area contributed by atoms with Crippen LogP contribution in [0, 0.1) is 0 Å². The van der Waals surface area contributed by atoms with E-state index in [0.717, 1.165) is 16.7 Å². The summed E-state index contributed by atoms with van der Waals surface area (Å²) in [5.41, 5.74) is 3.16. The highest BCUT2D eigenvalue weighted by Crippen LogP contribution is 2.29. The summed E-state index contributed by atoms with van der Waals surface area (Å²) in [4.78, 5) is 41.4. The number of carbonyl (C=O) groups excluding carboxylic acids is 2. The average molecular weight is 552 g/mol. The van der Waals surface area contributed by atoms with Gasteiger partial charge in [0.05, 0.1) is 33.6 Å². The van der Waals surface area contributed by atoms with Gasteiger partial charge in [-0.1, -0.05) is 53.5 Å². The molecule has 4 aromatic rings. The van der Waals surface area contributed by atoms with Crippen molar-refractivity contribution in [3.8, 4) is 22.4 Å². The van der Waals surface area contributed by atoms with Crippen LogP contribution in [-0.4, -0.2) is 33.4 Å². The van der Waals surface area contributed by atoms with E-state index in [4.69, 9.17) is 27.9 Å². The second kappa shape index (κ2) is 11.9. The second-order valence-corrected chi connectivity index (χ2v) is 8.81. The number of benzene rings is 2. The van der Waals surface area contributed by atoms with Crippen LogP contribution in [0.2, 0.25) is 10.0 Å². The van der Waals surface area contributed by atoms with Gasteiger partial charge in [0.15, 0.2) is 0 Å². The Balaban J connectivity index is 1.63. The lowest BCUT2D eigenvalue weighted by Gasteiger charge is -2.13. The summed E-state index contributed by atoms with van der Waals surface area (Å²) in [5.74, 6) is -0.378. The monoisotopic (exact) mass is 551 g/mol. The number of amides is 2. The van der Waals surface area contributed by atoms with Crippen molar-refractivity contribution >= 4 is 46.6 Å². The maximum atomic E-state index is 12.9. The van der Waals surface area contributed by atoms with Gasteiger partial charge in [0.1, 0.15) is 5.69 Å². The Kier molecular flexibility index (Phi) is 8.40. The van der Waals surface area contributed by atoms with Crippen molar-refractivity contribution in [2.24, 2.45) is 0 Å². The van der Waals surface area contributed by atoms with Crippen molar-refractivity contribution in [2.45, 2.75) is 20.4 Å². The van der Waals surface area contributed by atoms with Gasteiger partial charge in [-0.05, 0) is 49.2 Å². The zero-order valence-electron chi connectivity index (χ0n) is 20.5. The Morgan fingerprint density at radius 3 is 2.26 bits per heavy atom. The maximum Gasteiger partial charge on any atom is 0.338 e. The summed E-state index contributed by atoms with van der Waals surface area (Å²) >= 11 is 12.2. The number of nitrogens with one attached hydrogen (secondary N) is 2. The van der Waals surface area contributed by atoms with E-state index in [1.54, 1.807) is 26.0 Å². The third-order valence-corrected chi connectivity index (χ3v) is 6.07. The van der Waals surface area contributed by atoms with E-state index in [-0.39, 0.29) is 27.4 Å². The van der Waals surface area contributed by atoms with Crippen LogP contribution >= 0.6 is 23.2 Å². The standard InChI is InChI=1S/C27H23Cl2N5O4/c1-3-34-25(35)23(31-27(37)32-24-20(28)14-30-15-21(24)29)13-22(33-34)19-7-5-6-18(12-19)16-8-10-17(11-9-16)26(36)38-4-2/h5-15H,3-4H2,1-2H3,(H2,30,31,32,37). The predicted molar refractivity (Wildman–Crippen MR) is 148 cm³/mol. The number of esters is 1. The number of ether oxygens (including phenoxy) is 1. The minimum Gasteiger partial charge on any atom is -0.462 e. The molecule has 0 aliphatic heterocycles. The molecule has 0 aliphatic rings. The number of rotatable bonds is 7. The molecule has 2 heterocycles. The second-order valence-electron chi connectivity index (χ2n) is 8.00. The van der Waals surface area contributed by atoms with Gasteiger partial charge in [-0.25, -0.2) is 14.3 Å². The molecule has 2 aromatic heterocycles. The zero-order chi connectivity index (χ0) is 27.2. The number of carbonyl (C=O) groups is 2. The number of hydrogen-bond donors (Lipinski definition) is 2. The molecular formula is C27H23Cl2N5O4. The first-order chi connectivity index (χ1) is 18.3. The fraction of sp³-hybridized carbons (Fsp3) is 0.148. The van der Waals surface area contributed by atoms with Gasteiger partial charge >= 0.3 is 12.0 Å². The van der Waals surface area contributed by atoms with Crippen molar-refractivity contribution < 1.29 is 14.3 Å². The molecule has 9 nitrogen and oxygen atoms in total. The molecule has 38 heavy (non-hydrogen) atoms. The number of aryl methyl sites for hydroxylation is 1. The largest absolute Gasteiger partial charge is 0.462 e. The highest BCUT2D eigenvalue weighted by Gasteiger charge is 2.15. The summed E-state index contributed by atoms with van der Waals surface area (Å²) in [7, 11) is 0. The van der Waals surface area contributed by atoms with Crippen molar-refractivity contribution in [1.29, 1.82) is 0 Å². The van der Waals surface area contributed by atoms with Crippen LogP contribution in [0.1, 0.15) is 24.2 Å². The lowest BCUT2D eigenvalue weighted by molar-refractivity contribution is 0.0526.